The van der Waals surface area contributed by atoms with Gasteiger partial charge in [0.1, 0.15) is 0 Å². The molecule has 0 fully saturated rings. The molecule has 0 amide bonds. The van der Waals surface area contributed by atoms with Crippen LogP contribution in [0.5, 0.6) is 0 Å². The molecule has 0 aromatic carbocycles. The Morgan fingerprint density at radius 1 is 1.35 bits per heavy atom. The van der Waals surface area contributed by atoms with E-state index in [1.54, 1.807) is 17.5 Å². The first-order valence-electron chi connectivity index (χ1n) is 4.77. The van der Waals surface area contributed by atoms with Crippen molar-refractivity contribution in [3.05, 3.63) is 46.7 Å². The molecule has 0 N–H and O–H groups in total. The molecule has 2 rings (SSSR count). The van der Waals surface area contributed by atoms with Crippen LogP contribution in [0.2, 0.25) is 0 Å². The number of ether oxygens (including phenoxy) is 1. The Bertz CT molecular complexity index is 511. The molecule has 0 aliphatic heterocycles. The number of rotatable bonds is 4. The van der Waals surface area contributed by atoms with Crippen molar-refractivity contribution in [2.45, 2.75) is 0 Å². The van der Waals surface area contributed by atoms with Gasteiger partial charge in [-0.25, -0.2) is 9.78 Å². The maximum atomic E-state index is 11.5. The molecule has 0 radical (unpaired) electrons. The number of Topliss-reactive ketones (excluding diaryl/α,β-unsaturated/α-hetero) is 1. The number of carbonyl (C=O) groups is 2. The Balaban J connectivity index is 1.91. The largest absolute Gasteiger partial charge is 0.452 e. The molecule has 0 saturated carbocycles. The number of thiophene rings is 1. The number of nitrogens with zero attached hydrogens (tertiary/aromatic N) is 2. The third-order valence-corrected chi connectivity index (χ3v) is 2.81. The van der Waals surface area contributed by atoms with Crippen LogP contribution in [0.15, 0.2) is 36.1 Å². The number of hydrogen-bond acceptors (Lipinski definition) is 6. The Hall–Kier alpha value is -2.08. The molecule has 5 nitrogen and oxygen atoms in total. The van der Waals surface area contributed by atoms with E-state index < -0.39 is 5.97 Å². The standard InChI is InChI=1S/C11H8N2O3S/c14-9(10-2-1-5-17-10)7-16-11(15)8-6-12-3-4-13-8/h1-6H,7H2. The van der Waals surface area contributed by atoms with Gasteiger partial charge in [-0.3, -0.25) is 9.78 Å². The van der Waals surface area contributed by atoms with Gasteiger partial charge in [0.2, 0.25) is 5.78 Å². The van der Waals surface area contributed by atoms with Crippen molar-refractivity contribution < 1.29 is 14.3 Å². The van der Waals surface area contributed by atoms with E-state index in [1.807, 2.05) is 0 Å². The molecule has 0 saturated heterocycles. The third kappa shape index (κ3) is 2.94. The van der Waals surface area contributed by atoms with Crippen LogP contribution in [-0.4, -0.2) is 28.3 Å². The minimum atomic E-state index is -0.650. The normalized spacial score (nSPS) is 9.88. The van der Waals surface area contributed by atoms with Crippen molar-refractivity contribution in [2.75, 3.05) is 6.61 Å². The molecule has 0 spiro atoms. The fourth-order valence-electron chi connectivity index (χ4n) is 1.12. The summed E-state index contributed by atoms with van der Waals surface area (Å²) in [6.45, 7) is -0.282. The Kier molecular flexibility index (Phi) is 3.56. The maximum absolute atomic E-state index is 11.5. The first-order chi connectivity index (χ1) is 8.27. The zero-order valence-corrected chi connectivity index (χ0v) is 9.52. The summed E-state index contributed by atoms with van der Waals surface area (Å²) in [5, 5.41) is 1.79. The van der Waals surface area contributed by atoms with Crippen LogP contribution >= 0.6 is 11.3 Å². The lowest BCUT2D eigenvalue weighted by Gasteiger charge is -2.01. The van der Waals surface area contributed by atoms with Crippen LogP contribution < -0.4 is 0 Å². The number of esters is 1. The van der Waals surface area contributed by atoms with E-state index in [9.17, 15) is 9.59 Å². The SMILES string of the molecule is O=C(OCC(=O)c1cccs1)c1cnccn1. The Morgan fingerprint density at radius 3 is 2.88 bits per heavy atom. The van der Waals surface area contributed by atoms with Crippen molar-refractivity contribution in [1.82, 2.24) is 9.97 Å². The van der Waals surface area contributed by atoms with Gasteiger partial charge in [0.05, 0.1) is 11.1 Å². The van der Waals surface area contributed by atoms with E-state index in [4.69, 9.17) is 4.74 Å². The highest BCUT2D eigenvalue weighted by Gasteiger charge is 2.13. The number of aromatic nitrogens is 2. The summed E-state index contributed by atoms with van der Waals surface area (Å²) in [5.41, 5.74) is 0.0893. The van der Waals surface area contributed by atoms with Gasteiger partial charge in [-0.1, -0.05) is 6.07 Å². The number of carbonyl (C=O) groups excluding carboxylic acids is 2. The van der Waals surface area contributed by atoms with Gasteiger partial charge in [0, 0.05) is 12.4 Å². The van der Waals surface area contributed by atoms with Gasteiger partial charge in [-0.2, -0.15) is 0 Å². The summed E-state index contributed by atoms with van der Waals surface area (Å²) in [5.74, 6) is -0.875. The molecule has 2 aromatic rings. The van der Waals surface area contributed by atoms with Crippen molar-refractivity contribution in [2.24, 2.45) is 0 Å². The van der Waals surface area contributed by atoms with E-state index in [-0.39, 0.29) is 18.1 Å². The highest BCUT2D eigenvalue weighted by atomic mass is 32.1. The summed E-state index contributed by atoms with van der Waals surface area (Å²) in [6, 6.07) is 3.45. The Morgan fingerprint density at radius 2 is 2.24 bits per heavy atom. The van der Waals surface area contributed by atoms with E-state index in [0.29, 0.717) is 4.88 Å². The van der Waals surface area contributed by atoms with Gasteiger partial charge >= 0.3 is 5.97 Å². The molecule has 2 heterocycles. The lowest BCUT2D eigenvalue weighted by molar-refractivity contribution is 0.0469. The second-order valence-corrected chi connectivity index (χ2v) is 4.01. The fourth-order valence-corrected chi connectivity index (χ4v) is 1.77. The smallest absolute Gasteiger partial charge is 0.358 e. The molecule has 0 atom stereocenters. The van der Waals surface area contributed by atoms with Crippen molar-refractivity contribution in [3.63, 3.8) is 0 Å². The van der Waals surface area contributed by atoms with Crippen LogP contribution in [0.25, 0.3) is 0 Å². The quantitative estimate of drug-likeness (QED) is 0.607. The summed E-state index contributed by atoms with van der Waals surface area (Å²) in [6.07, 6.45) is 4.13. The first-order valence-corrected chi connectivity index (χ1v) is 5.65. The molecule has 17 heavy (non-hydrogen) atoms. The molecule has 0 bridgehead atoms. The van der Waals surface area contributed by atoms with Gasteiger partial charge < -0.3 is 4.74 Å². The minimum absolute atomic E-state index is 0.0893. The molecular weight excluding hydrogens is 240 g/mol. The van der Waals surface area contributed by atoms with Crippen LogP contribution in [0.3, 0.4) is 0 Å². The van der Waals surface area contributed by atoms with Gasteiger partial charge in [-0.15, -0.1) is 11.3 Å². The van der Waals surface area contributed by atoms with Crippen LogP contribution in [0.1, 0.15) is 20.2 Å². The molecule has 2 aromatic heterocycles. The summed E-state index contributed by atoms with van der Waals surface area (Å²) in [7, 11) is 0. The highest BCUT2D eigenvalue weighted by molar-refractivity contribution is 7.12. The van der Waals surface area contributed by atoms with E-state index >= 15 is 0 Å². The maximum Gasteiger partial charge on any atom is 0.358 e. The van der Waals surface area contributed by atoms with Gasteiger partial charge in [0.25, 0.3) is 0 Å². The topological polar surface area (TPSA) is 69.2 Å². The van der Waals surface area contributed by atoms with E-state index in [2.05, 4.69) is 9.97 Å². The minimum Gasteiger partial charge on any atom is -0.452 e. The van der Waals surface area contributed by atoms with Crippen molar-refractivity contribution in [3.8, 4) is 0 Å². The monoisotopic (exact) mass is 248 g/mol. The number of ketones is 1. The molecule has 0 aliphatic carbocycles. The lowest BCUT2D eigenvalue weighted by atomic mass is 10.3. The van der Waals surface area contributed by atoms with Crippen LogP contribution in [0.4, 0.5) is 0 Å². The first kappa shape index (κ1) is 11.4. The van der Waals surface area contributed by atoms with Crippen LogP contribution in [0, 0.1) is 0 Å². The summed E-state index contributed by atoms with van der Waals surface area (Å²) < 4.78 is 4.83. The predicted molar refractivity (Wildman–Crippen MR) is 61.0 cm³/mol. The molecule has 0 unspecified atom stereocenters. The predicted octanol–water partition coefficient (Wildman–Crippen LogP) is 1.58. The molecule has 0 aliphatic rings. The second kappa shape index (κ2) is 5.31. The lowest BCUT2D eigenvalue weighted by Crippen LogP contribution is -2.14. The second-order valence-electron chi connectivity index (χ2n) is 3.07. The average molecular weight is 248 g/mol. The van der Waals surface area contributed by atoms with Gasteiger partial charge in [-0.05, 0) is 11.4 Å². The summed E-state index contributed by atoms with van der Waals surface area (Å²) in [4.78, 5) is 31.1. The summed E-state index contributed by atoms with van der Waals surface area (Å²) >= 11 is 1.31. The zero-order chi connectivity index (χ0) is 12.1. The van der Waals surface area contributed by atoms with Crippen molar-refractivity contribution >= 4 is 23.1 Å². The molecule has 86 valence electrons. The molecule has 6 heteroatoms. The highest BCUT2D eigenvalue weighted by Crippen LogP contribution is 2.09. The third-order valence-electron chi connectivity index (χ3n) is 1.90. The van der Waals surface area contributed by atoms with E-state index in [0.717, 1.165) is 0 Å². The zero-order valence-electron chi connectivity index (χ0n) is 8.70. The molecular formula is C11H8N2O3S. The van der Waals surface area contributed by atoms with Crippen molar-refractivity contribution in [1.29, 1.82) is 0 Å². The van der Waals surface area contributed by atoms with Crippen LogP contribution in [-0.2, 0) is 4.74 Å². The van der Waals surface area contributed by atoms with Gasteiger partial charge in [0.15, 0.2) is 12.3 Å². The van der Waals surface area contributed by atoms with E-state index in [1.165, 1.54) is 29.9 Å². The fraction of sp³-hybridized carbons (Fsp3) is 0.0909. The number of hydrogen-bond donors (Lipinski definition) is 0. The average Bonchev–Trinajstić information content (AvgIpc) is 2.90. The Labute approximate surface area is 101 Å².